The van der Waals surface area contributed by atoms with Crippen LogP contribution in [-0.2, 0) is 0 Å². The smallest absolute Gasteiger partial charge is 0.144 e. The lowest BCUT2D eigenvalue weighted by Gasteiger charge is -2.17. The minimum atomic E-state index is -0.922. The maximum atomic E-state index is 16.3. The van der Waals surface area contributed by atoms with Crippen molar-refractivity contribution in [2.75, 3.05) is 0 Å². The molecule has 0 atom stereocenters. The quantitative estimate of drug-likeness (QED) is 0.157. The van der Waals surface area contributed by atoms with Crippen LogP contribution in [0.3, 0.4) is 0 Å². The number of aryl methyl sites for hydroxylation is 6. The molecule has 0 aliphatic rings. The van der Waals surface area contributed by atoms with Gasteiger partial charge in [-0.15, -0.1) is 0 Å². The van der Waals surface area contributed by atoms with Crippen molar-refractivity contribution >= 4 is 21.8 Å². The molecule has 0 saturated carbocycles. The highest BCUT2D eigenvalue weighted by Crippen LogP contribution is 2.43. The molecule has 0 unspecified atom stereocenters. The van der Waals surface area contributed by atoms with Crippen molar-refractivity contribution in [3.05, 3.63) is 269 Å². The SMILES string of the molecule is Cc1ccc(-c2c(F)c(-c3ccc(C)cc3)c(F)c(-c3ccc(-n4c5ccccc5c5ccccc54)cc3)c2F)cc1.Cc1ccccc1-c1ccccc1C.Cc1ccccc1-c1ccccc1C. The van der Waals surface area contributed by atoms with E-state index in [2.05, 4.69) is 154 Å². The van der Waals surface area contributed by atoms with Gasteiger partial charge in [-0.2, -0.15) is 0 Å². The molecule has 11 rings (SSSR count). The van der Waals surface area contributed by atoms with Gasteiger partial charge in [-0.05, 0) is 127 Å². The highest BCUT2D eigenvalue weighted by Gasteiger charge is 2.28. The average molecular weight is 918 g/mol. The molecule has 0 aliphatic heterocycles. The minimum Gasteiger partial charge on any atom is -0.309 e. The summed E-state index contributed by atoms with van der Waals surface area (Å²) in [6.07, 6.45) is 0. The molecule has 344 valence electrons. The fourth-order valence-electron chi connectivity index (χ4n) is 9.34. The van der Waals surface area contributed by atoms with E-state index in [4.69, 9.17) is 0 Å². The molecule has 11 aromatic rings. The zero-order valence-electron chi connectivity index (χ0n) is 40.4. The van der Waals surface area contributed by atoms with E-state index < -0.39 is 17.5 Å². The molecule has 0 fully saturated rings. The van der Waals surface area contributed by atoms with E-state index >= 15 is 13.2 Å². The molecule has 0 bridgehead atoms. The van der Waals surface area contributed by atoms with Crippen molar-refractivity contribution < 1.29 is 13.2 Å². The normalized spacial score (nSPS) is 10.9. The van der Waals surface area contributed by atoms with Crippen molar-refractivity contribution in [3.8, 4) is 61.3 Å². The van der Waals surface area contributed by atoms with Gasteiger partial charge in [-0.3, -0.25) is 0 Å². The number of fused-ring (bicyclic) bond motifs is 3. The summed E-state index contributed by atoms with van der Waals surface area (Å²) < 4.78 is 50.9. The van der Waals surface area contributed by atoms with Crippen molar-refractivity contribution in [2.45, 2.75) is 41.5 Å². The summed E-state index contributed by atoms with van der Waals surface area (Å²) in [7, 11) is 0. The lowest BCUT2D eigenvalue weighted by Crippen LogP contribution is -2.03. The maximum absolute atomic E-state index is 16.3. The first-order valence-electron chi connectivity index (χ1n) is 23.7. The van der Waals surface area contributed by atoms with E-state index in [-0.39, 0.29) is 16.7 Å². The van der Waals surface area contributed by atoms with Gasteiger partial charge in [0.1, 0.15) is 17.5 Å². The summed E-state index contributed by atoms with van der Waals surface area (Å²) in [5, 5.41) is 2.25. The molecule has 0 N–H and O–H groups in total. The molecule has 1 aromatic heterocycles. The van der Waals surface area contributed by atoms with Crippen LogP contribution in [0, 0.1) is 59.0 Å². The summed E-state index contributed by atoms with van der Waals surface area (Å²) in [4.78, 5) is 0. The van der Waals surface area contributed by atoms with Crippen molar-refractivity contribution in [1.29, 1.82) is 0 Å². The van der Waals surface area contributed by atoms with Gasteiger partial charge < -0.3 is 4.57 Å². The number of nitrogens with zero attached hydrogens (tertiary/aromatic N) is 1. The van der Waals surface area contributed by atoms with Crippen LogP contribution in [0.2, 0.25) is 0 Å². The molecule has 10 aromatic carbocycles. The molecule has 0 saturated heterocycles. The third-order valence-electron chi connectivity index (χ3n) is 13.2. The number of hydrogen-bond acceptors (Lipinski definition) is 0. The van der Waals surface area contributed by atoms with Gasteiger partial charge in [0.15, 0.2) is 0 Å². The van der Waals surface area contributed by atoms with Crippen LogP contribution in [0.5, 0.6) is 0 Å². The van der Waals surface area contributed by atoms with E-state index in [1.807, 2.05) is 50.2 Å². The highest BCUT2D eigenvalue weighted by molar-refractivity contribution is 6.09. The number of halogens is 3. The first-order valence-corrected chi connectivity index (χ1v) is 23.7. The minimum absolute atomic E-state index is 0.242. The van der Waals surface area contributed by atoms with Crippen molar-refractivity contribution in [3.63, 3.8) is 0 Å². The zero-order valence-corrected chi connectivity index (χ0v) is 40.4. The molecule has 1 heterocycles. The molecular formula is C66H54F3N. The van der Waals surface area contributed by atoms with Crippen LogP contribution < -0.4 is 0 Å². The first kappa shape index (κ1) is 46.9. The second-order valence-corrected chi connectivity index (χ2v) is 18.0. The van der Waals surface area contributed by atoms with Crippen molar-refractivity contribution in [1.82, 2.24) is 4.57 Å². The van der Waals surface area contributed by atoms with Crippen LogP contribution in [0.4, 0.5) is 13.2 Å². The molecule has 4 heteroatoms. The zero-order chi connectivity index (χ0) is 48.9. The maximum Gasteiger partial charge on any atom is 0.144 e. The standard InChI is InChI=1S/C38H26F3N.2C14H14/c1-23-11-15-25(16-12-23)33-36(39)34(26-17-13-24(2)14-18-26)38(41)35(37(33)40)27-19-21-28(22-20-27)42-31-9-5-3-7-29(31)30-8-4-6-10-32(30)42;2*1-11-7-3-5-9-13(11)14-10-6-4-8-12(14)2/h3-22H,1-2H3;2*3-10H,1-2H3. The van der Waals surface area contributed by atoms with Crippen LogP contribution in [0.25, 0.3) is 83.1 Å². The van der Waals surface area contributed by atoms with Gasteiger partial charge in [0.2, 0.25) is 0 Å². The van der Waals surface area contributed by atoms with Crippen LogP contribution >= 0.6 is 0 Å². The Labute approximate surface area is 409 Å². The van der Waals surface area contributed by atoms with Crippen LogP contribution in [0.15, 0.2) is 218 Å². The largest absolute Gasteiger partial charge is 0.309 e. The van der Waals surface area contributed by atoms with E-state index in [0.717, 1.165) is 38.6 Å². The van der Waals surface area contributed by atoms with Gasteiger partial charge in [0, 0.05) is 16.5 Å². The van der Waals surface area contributed by atoms with Crippen molar-refractivity contribution in [2.24, 2.45) is 0 Å². The second-order valence-electron chi connectivity index (χ2n) is 18.0. The predicted octanol–water partition coefficient (Wildman–Crippen LogP) is 18.8. The fourth-order valence-corrected chi connectivity index (χ4v) is 9.34. The number of hydrogen-bond donors (Lipinski definition) is 0. The van der Waals surface area contributed by atoms with E-state index in [9.17, 15) is 0 Å². The Kier molecular flexibility index (Phi) is 13.8. The van der Waals surface area contributed by atoms with Gasteiger partial charge in [-0.25, -0.2) is 13.2 Å². The lowest BCUT2D eigenvalue weighted by molar-refractivity contribution is 0.557. The predicted molar refractivity (Wildman–Crippen MR) is 289 cm³/mol. The molecule has 0 radical (unpaired) electrons. The van der Waals surface area contributed by atoms with E-state index in [1.54, 1.807) is 60.7 Å². The molecule has 0 aliphatic carbocycles. The number of para-hydroxylation sites is 2. The second kappa shape index (κ2) is 20.6. The van der Waals surface area contributed by atoms with Crippen LogP contribution in [-0.4, -0.2) is 4.57 Å². The Morgan fingerprint density at radius 3 is 0.829 bits per heavy atom. The average Bonchev–Trinajstić information content (AvgIpc) is 3.71. The topological polar surface area (TPSA) is 4.93 Å². The van der Waals surface area contributed by atoms with Gasteiger partial charge in [0.05, 0.1) is 27.7 Å². The van der Waals surface area contributed by atoms with Gasteiger partial charge in [0.25, 0.3) is 0 Å². The molecule has 1 nitrogen and oxygen atoms in total. The monoisotopic (exact) mass is 917 g/mol. The summed E-state index contributed by atoms with van der Waals surface area (Å²) in [6.45, 7) is 12.4. The van der Waals surface area contributed by atoms with Gasteiger partial charge >= 0.3 is 0 Å². The van der Waals surface area contributed by atoms with Crippen LogP contribution in [0.1, 0.15) is 33.4 Å². The number of benzene rings is 10. The molecule has 0 spiro atoms. The Hall–Kier alpha value is -8.21. The third kappa shape index (κ3) is 9.46. The van der Waals surface area contributed by atoms with E-state index in [1.165, 1.54) is 44.5 Å². The first-order chi connectivity index (χ1) is 34.0. The summed E-state index contributed by atoms with van der Waals surface area (Å²) in [6, 6.07) is 71.3. The lowest BCUT2D eigenvalue weighted by atomic mass is 9.90. The summed E-state index contributed by atoms with van der Waals surface area (Å²) in [5.41, 5.74) is 15.8. The Bertz CT molecular complexity index is 3320. The van der Waals surface area contributed by atoms with E-state index in [0.29, 0.717) is 16.7 Å². The summed E-state index contributed by atoms with van der Waals surface area (Å²) in [5.74, 6) is -2.76. The molecular weight excluding hydrogens is 864 g/mol. The molecule has 0 amide bonds. The fraction of sp³-hybridized carbons (Fsp3) is 0.0909. The highest BCUT2D eigenvalue weighted by atomic mass is 19.1. The van der Waals surface area contributed by atoms with Gasteiger partial charge in [-0.1, -0.05) is 205 Å². The number of rotatable bonds is 6. The summed E-state index contributed by atoms with van der Waals surface area (Å²) >= 11 is 0. The Morgan fingerprint density at radius 1 is 0.271 bits per heavy atom. The third-order valence-corrected chi connectivity index (χ3v) is 13.2. The molecule has 70 heavy (non-hydrogen) atoms. The number of aromatic nitrogens is 1. The Balaban J connectivity index is 0.000000175. The Morgan fingerprint density at radius 2 is 0.529 bits per heavy atom.